The van der Waals surface area contributed by atoms with Crippen molar-refractivity contribution in [3.8, 4) is 16.9 Å². The van der Waals surface area contributed by atoms with Crippen LogP contribution in [-0.4, -0.2) is 99.3 Å². The Balaban J connectivity index is 0.947. The number of hydrogen-bond acceptors (Lipinski definition) is 7. The molecule has 3 aromatic rings. The van der Waals surface area contributed by atoms with Gasteiger partial charge in [-0.05, 0) is 90.0 Å². The topological polar surface area (TPSA) is 111 Å². The zero-order valence-electron chi connectivity index (χ0n) is 30.7. The summed E-state index contributed by atoms with van der Waals surface area (Å²) in [6.45, 7) is 13.9. The van der Waals surface area contributed by atoms with E-state index in [4.69, 9.17) is 9.47 Å². The monoisotopic (exact) mass is 696 g/mol. The molecule has 0 bridgehead atoms. The van der Waals surface area contributed by atoms with Gasteiger partial charge >= 0.3 is 6.09 Å². The lowest BCUT2D eigenvalue weighted by Gasteiger charge is -2.47. The number of carbonyl (C=O) groups excluding carboxylic acids is 3. The molecular formula is C40H52N6O5. The molecule has 4 aliphatic rings. The van der Waals surface area contributed by atoms with E-state index in [9.17, 15) is 14.4 Å². The Morgan fingerprint density at radius 1 is 0.941 bits per heavy atom. The minimum atomic E-state index is -1.07. The maximum atomic E-state index is 14.0. The molecule has 1 aromatic heterocycles. The van der Waals surface area contributed by atoms with Gasteiger partial charge in [-0.15, -0.1) is 0 Å². The van der Waals surface area contributed by atoms with Crippen LogP contribution in [0.25, 0.3) is 11.1 Å². The second kappa shape index (κ2) is 13.5. The van der Waals surface area contributed by atoms with Gasteiger partial charge in [0.25, 0.3) is 5.91 Å². The number of nitrogens with zero attached hydrogens (tertiary/aromatic N) is 5. The molecule has 1 N–H and O–H groups in total. The fourth-order valence-electron chi connectivity index (χ4n) is 7.88. The summed E-state index contributed by atoms with van der Waals surface area (Å²) in [7, 11) is 0. The first-order chi connectivity index (χ1) is 24.3. The van der Waals surface area contributed by atoms with Crippen LogP contribution < -0.4 is 9.64 Å². The van der Waals surface area contributed by atoms with Crippen molar-refractivity contribution in [2.75, 3.05) is 44.2 Å². The number of piperidine rings is 1. The van der Waals surface area contributed by atoms with E-state index in [2.05, 4.69) is 50.3 Å². The van der Waals surface area contributed by atoms with E-state index in [1.54, 1.807) is 4.90 Å². The van der Waals surface area contributed by atoms with Crippen LogP contribution >= 0.6 is 0 Å². The number of benzene rings is 2. The second-order valence-corrected chi connectivity index (χ2v) is 16.6. The number of aromatic amines is 1. The Morgan fingerprint density at radius 2 is 1.69 bits per heavy atom. The second-order valence-electron chi connectivity index (χ2n) is 16.6. The number of H-pyrrole nitrogens is 1. The molecule has 4 fully saturated rings. The summed E-state index contributed by atoms with van der Waals surface area (Å²) in [6.07, 6.45) is 8.20. The largest absolute Gasteiger partial charge is 0.478 e. The number of amides is 3. The summed E-state index contributed by atoms with van der Waals surface area (Å²) < 4.78 is 11.9. The van der Waals surface area contributed by atoms with E-state index >= 15 is 0 Å². The number of aromatic nitrogens is 2. The lowest BCUT2D eigenvalue weighted by molar-refractivity contribution is -0.145. The van der Waals surface area contributed by atoms with Gasteiger partial charge in [0.15, 0.2) is 5.60 Å². The molecule has 11 heteroatoms. The van der Waals surface area contributed by atoms with Gasteiger partial charge in [-0.1, -0.05) is 30.3 Å². The highest BCUT2D eigenvalue weighted by molar-refractivity contribution is 5.85. The summed E-state index contributed by atoms with van der Waals surface area (Å²) in [4.78, 5) is 48.3. The van der Waals surface area contributed by atoms with Crippen LogP contribution in [0.5, 0.6) is 5.75 Å². The molecule has 1 saturated carbocycles. The molecule has 1 aliphatic carbocycles. The third-order valence-electron chi connectivity index (χ3n) is 10.7. The Hall–Kier alpha value is -4.54. The first-order valence-electron chi connectivity index (χ1n) is 18.5. The van der Waals surface area contributed by atoms with Crippen molar-refractivity contribution < 1.29 is 23.9 Å². The Bertz CT molecular complexity index is 1720. The molecule has 11 nitrogen and oxygen atoms in total. The fraction of sp³-hybridized carbons (Fsp3) is 0.550. The van der Waals surface area contributed by atoms with Gasteiger partial charge in [0.05, 0.1) is 12.1 Å². The van der Waals surface area contributed by atoms with Crippen molar-refractivity contribution in [1.29, 1.82) is 0 Å². The standard InChI is InChI=1S/C40H52N6O5/c1-38(2,3)51-37(49)45-26-40(27-45)17-19-44(25-40)36(48)39(4,5)50-34-10-6-9-33(20-34)43-18-7-8-30(24-43)35(47)46(32-15-16-32)23-28-11-13-29(14-12-28)31-21-41-42-22-31/h6,9-14,20-22,30,32H,7-8,15-19,23-27H2,1-5H3,(H,41,42)/t30-/m1/s1. The van der Waals surface area contributed by atoms with Gasteiger partial charge in [-0.3, -0.25) is 14.7 Å². The van der Waals surface area contributed by atoms with E-state index in [0.29, 0.717) is 51.1 Å². The molecule has 0 radical (unpaired) electrons. The maximum Gasteiger partial charge on any atom is 0.410 e. The summed E-state index contributed by atoms with van der Waals surface area (Å²) in [6, 6.07) is 16.7. The number of carbonyl (C=O) groups is 3. The van der Waals surface area contributed by atoms with Crippen molar-refractivity contribution in [2.45, 2.75) is 90.5 Å². The van der Waals surface area contributed by atoms with E-state index in [1.165, 1.54) is 0 Å². The number of likely N-dealkylation sites (tertiary alicyclic amines) is 2. The number of rotatable bonds is 9. The molecule has 3 aliphatic heterocycles. The smallest absolute Gasteiger partial charge is 0.410 e. The summed E-state index contributed by atoms with van der Waals surface area (Å²) in [5, 5.41) is 6.92. The molecule has 4 heterocycles. The van der Waals surface area contributed by atoms with Gasteiger partial charge in [-0.2, -0.15) is 5.10 Å². The zero-order chi connectivity index (χ0) is 36.0. The van der Waals surface area contributed by atoms with Gasteiger partial charge in [0, 0.05) is 80.8 Å². The maximum absolute atomic E-state index is 14.0. The molecule has 7 rings (SSSR count). The molecule has 2 aromatic carbocycles. The molecule has 272 valence electrons. The molecule has 3 saturated heterocycles. The predicted molar refractivity (Wildman–Crippen MR) is 195 cm³/mol. The summed E-state index contributed by atoms with van der Waals surface area (Å²) >= 11 is 0. The molecule has 51 heavy (non-hydrogen) atoms. The molecule has 1 atom stereocenters. The van der Waals surface area contributed by atoms with Crippen LogP contribution in [0, 0.1) is 11.3 Å². The first-order valence-corrected chi connectivity index (χ1v) is 18.5. The quantitative estimate of drug-likeness (QED) is 0.288. The van der Waals surface area contributed by atoms with Crippen LogP contribution in [0.2, 0.25) is 0 Å². The van der Waals surface area contributed by atoms with Crippen LogP contribution in [-0.2, 0) is 20.9 Å². The average molecular weight is 697 g/mol. The van der Waals surface area contributed by atoms with Gasteiger partial charge < -0.3 is 29.1 Å². The third-order valence-corrected chi connectivity index (χ3v) is 10.7. The first kappa shape index (κ1) is 34.9. The predicted octanol–water partition coefficient (Wildman–Crippen LogP) is 6.11. The summed E-state index contributed by atoms with van der Waals surface area (Å²) in [5.74, 6) is 0.739. The van der Waals surface area contributed by atoms with E-state index in [0.717, 1.165) is 61.0 Å². The van der Waals surface area contributed by atoms with E-state index in [-0.39, 0.29) is 29.2 Å². The number of ether oxygens (including phenoxy) is 2. The third kappa shape index (κ3) is 7.87. The zero-order valence-corrected chi connectivity index (χ0v) is 30.7. The highest BCUT2D eigenvalue weighted by Crippen LogP contribution is 2.41. The Labute approximate surface area is 301 Å². The van der Waals surface area contributed by atoms with Gasteiger partial charge in [0.1, 0.15) is 11.4 Å². The lowest BCUT2D eigenvalue weighted by Crippen LogP contribution is -2.61. The van der Waals surface area contributed by atoms with Crippen molar-refractivity contribution in [3.63, 3.8) is 0 Å². The molecular weight excluding hydrogens is 644 g/mol. The minimum absolute atomic E-state index is 0.0552. The number of hydrogen-bond donors (Lipinski definition) is 1. The fourth-order valence-corrected chi connectivity index (χ4v) is 7.88. The normalized spacial score (nSPS) is 20.3. The van der Waals surface area contributed by atoms with Gasteiger partial charge in [0.2, 0.25) is 5.91 Å². The van der Waals surface area contributed by atoms with Crippen LogP contribution in [0.1, 0.15) is 72.3 Å². The minimum Gasteiger partial charge on any atom is -0.478 e. The molecule has 1 spiro atoms. The van der Waals surface area contributed by atoms with Crippen LogP contribution in [0.3, 0.4) is 0 Å². The molecule has 0 unspecified atom stereocenters. The number of nitrogens with one attached hydrogen (secondary N) is 1. The van der Waals surface area contributed by atoms with Gasteiger partial charge in [-0.25, -0.2) is 4.79 Å². The highest BCUT2D eigenvalue weighted by Gasteiger charge is 2.52. The van der Waals surface area contributed by atoms with Crippen molar-refractivity contribution in [3.05, 3.63) is 66.5 Å². The Kier molecular flexibility index (Phi) is 9.26. The highest BCUT2D eigenvalue weighted by atomic mass is 16.6. The lowest BCUT2D eigenvalue weighted by atomic mass is 9.79. The van der Waals surface area contributed by atoms with E-state index in [1.807, 2.05) is 70.1 Å². The number of anilines is 1. The Morgan fingerprint density at radius 3 is 2.37 bits per heavy atom. The van der Waals surface area contributed by atoms with Crippen LogP contribution in [0.4, 0.5) is 10.5 Å². The summed E-state index contributed by atoms with van der Waals surface area (Å²) in [5.41, 5.74) is 2.61. The van der Waals surface area contributed by atoms with Crippen molar-refractivity contribution >= 4 is 23.6 Å². The van der Waals surface area contributed by atoms with Crippen molar-refractivity contribution in [1.82, 2.24) is 24.9 Å². The van der Waals surface area contributed by atoms with Crippen molar-refractivity contribution in [2.24, 2.45) is 11.3 Å². The average Bonchev–Trinajstić information content (AvgIpc) is 3.57. The molecule has 3 amide bonds. The van der Waals surface area contributed by atoms with Crippen LogP contribution in [0.15, 0.2) is 60.9 Å². The SMILES string of the molecule is CC(C)(C)OC(=O)N1CC2(CCN(C(=O)C(C)(C)Oc3cccc(N4CCC[C@@H](C(=O)N(Cc5ccc(-c6cn[nH]c6)cc5)C5CC5)C4)c3)C2)C1. The van der Waals surface area contributed by atoms with E-state index < -0.39 is 11.2 Å².